The van der Waals surface area contributed by atoms with Crippen molar-refractivity contribution in [2.24, 2.45) is 5.92 Å². The van der Waals surface area contributed by atoms with Gasteiger partial charge in [0.15, 0.2) is 12.6 Å². The minimum atomic E-state index is -0.886. The van der Waals surface area contributed by atoms with Gasteiger partial charge in [-0.25, -0.2) is 4.79 Å². The zero-order valence-electron chi connectivity index (χ0n) is 21.8. The van der Waals surface area contributed by atoms with Gasteiger partial charge in [0.05, 0.1) is 6.10 Å². The molecule has 1 saturated heterocycles. The quantitative estimate of drug-likeness (QED) is 0.207. The zero-order valence-corrected chi connectivity index (χ0v) is 21.8. The molecule has 0 aliphatic carbocycles. The van der Waals surface area contributed by atoms with E-state index in [0.29, 0.717) is 17.7 Å². The fourth-order valence-corrected chi connectivity index (χ4v) is 4.20. The second kappa shape index (κ2) is 12.1. The molecular formula is C26H36BNO8. The fourth-order valence-electron chi connectivity index (χ4n) is 4.20. The molecule has 5 atom stereocenters. The predicted octanol–water partition coefficient (Wildman–Crippen LogP) is 2.68. The third-order valence-corrected chi connectivity index (χ3v) is 6.31. The molecule has 0 aromatic heterocycles. The van der Waals surface area contributed by atoms with Crippen LogP contribution in [0, 0.1) is 5.92 Å². The van der Waals surface area contributed by atoms with Crippen molar-refractivity contribution in [3.63, 3.8) is 0 Å². The van der Waals surface area contributed by atoms with Crippen LogP contribution in [-0.2, 0) is 23.7 Å². The minimum Gasteiger partial charge on any atom is -0.467 e. The van der Waals surface area contributed by atoms with E-state index in [0.717, 1.165) is 6.19 Å². The Morgan fingerprint density at radius 1 is 1.25 bits per heavy atom. The Bertz CT molecular complexity index is 994. The highest BCUT2D eigenvalue weighted by Crippen LogP contribution is 2.35. The number of cyclic esters (lactones) is 1. The van der Waals surface area contributed by atoms with Crippen molar-refractivity contribution in [1.82, 2.24) is 0 Å². The number of anilines is 1. The van der Waals surface area contributed by atoms with Gasteiger partial charge < -0.3 is 38.4 Å². The molecule has 0 radical (unpaired) electrons. The summed E-state index contributed by atoms with van der Waals surface area (Å²) in [4.78, 5) is 26.3. The maximum atomic E-state index is 13.4. The molecule has 0 saturated carbocycles. The first kappa shape index (κ1) is 27.9. The Balaban J connectivity index is 2.10. The van der Waals surface area contributed by atoms with Crippen LogP contribution in [0.15, 0.2) is 30.4 Å². The second-order valence-electron chi connectivity index (χ2n) is 9.63. The van der Waals surface area contributed by atoms with Crippen molar-refractivity contribution in [2.75, 3.05) is 25.8 Å². The van der Waals surface area contributed by atoms with Crippen LogP contribution in [0.2, 0.25) is 0 Å². The molecule has 10 heteroatoms. The van der Waals surface area contributed by atoms with E-state index in [1.807, 2.05) is 32.9 Å². The summed E-state index contributed by atoms with van der Waals surface area (Å²) in [7, 11) is 3.43. The van der Waals surface area contributed by atoms with Gasteiger partial charge in [-0.15, -0.1) is 0 Å². The molecule has 1 N–H and O–H groups in total. The second-order valence-corrected chi connectivity index (χ2v) is 9.63. The Kier molecular flexibility index (Phi) is 9.35. The largest absolute Gasteiger partial charge is 0.467 e. The lowest BCUT2D eigenvalue weighted by Crippen LogP contribution is -2.34. The SMILES string of the molecule is COCOc1cc(N(C)BC=O)cc2c1C(=O)O[C@@H](C)[C@H](C)/C=C\C(O)[C@H]1OC(C)(C)O[C@H]1C/C=C/2. The van der Waals surface area contributed by atoms with E-state index >= 15 is 0 Å². The Morgan fingerprint density at radius 2 is 2.00 bits per heavy atom. The van der Waals surface area contributed by atoms with E-state index in [1.165, 1.54) is 7.11 Å². The van der Waals surface area contributed by atoms with Gasteiger partial charge in [-0.1, -0.05) is 31.2 Å². The molecular weight excluding hydrogens is 465 g/mol. The number of nitrogens with zero attached hydrogens (tertiary/aromatic N) is 1. The molecule has 1 unspecified atom stereocenters. The lowest BCUT2D eigenvalue weighted by atomic mass is 9.93. The summed E-state index contributed by atoms with van der Waals surface area (Å²) in [5.41, 5.74) is 1.50. The van der Waals surface area contributed by atoms with Crippen LogP contribution in [0.3, 0.4) is 0 Å². The van der Waals surface area contributed by atoms with Crippen LogP contribution >= 0.6 is 0 Å². The normalized spacial score (nSPS) is 29.6. The minimum absolute atomic E-state index is 0.0686. The number of aliphatic hydroxyl groups excluding tert-OH is 1. The number of aliphatic hydroxyl groups is 1. The summed E-state index contributed by atoms with van der Waals surface area (Å²) in [5.74, 6) is -1.28. The summed E-state index contributed by atoms with van der Waals surface area (Å²) in [6.07, 6.45) is 6.06. The maximum Gasteiger partial charge on any atom is 0.342 e. The van der Waals surface area contributed by atoms with Crippen molar-refractivity contribution in [1.29, 1.82) is 0 Å². The highest BCUT2D eigenvalue weighted by Gasteiger charge is 2.43. The van der Waals surface area contributed by atoms with E-state index in [1.54, 1.807) is 43.1 Å². The van der Waals surface area contributed by atoms with Gasteiger partial charge in [0, 0.05) is 24.8 Å². The number of carbonyl (C=O) groups is 2. The topological polar surface area (TPSA) is 104 Å². The summed E-state index contributed by atoms with van der Waals surface area (Å²) in [6.45, 7) is 7.26. The van der Waals surface area contributed by atoms with Crippen LogP contribution in [0.4, 0.5) is 5.69 Å². The van der Waals surface area contributed by atoms with E-state index in [2.05, 4.69) is 0 Å². The van der Waals surface area contributed by atoms with Gasteiger partial charge in [-0.2, -0.15) is 0 Å². The number of methoxy groups -OCH3 is 1. The van der Waals surface area contributed by atoms with Crippen LogP contribution in [0.25, 0.3) is 6.08 Å². The molecule has 2 aliphatic rings. The Morgan fingerprint density at radius 3 is 2.69 bits per heavy atom. The average Bonchev–Trinajstić information content (AvgIpc) is 3.14. The molecule has 36 heavy (non-hydrogen) atoms. The number of hydrogen-bond donors (Lipinski definition) is 1. The number of fused-ring (bicyclic) bond motifs is 2. The third-order valence-electron chi connectivity index (χ3n) is 6.31. The highest BCUT2D eigenvalue weighted by molar-refractivity contribution is 6.70. The summed E-state index contributed by atoms with van der Waals surface area (Å²) in [5, 5.41) is 10.8. The fraction of sp³-hybridized carbons (Fsp3) is 0.538. The first-order chi connectivity index (χ1) is 17.1. The number of hydrogen-bond acceptors (Lipinski definition) is 9. The highest BCUT2D eigenvalue weighted by atomic mass is 16.8. The van der Waals surface area contributed by atoms with Crippen molar-refractivity contribution < 1.29 is 38.4 Å². The Labute approximate surface area is 213 Å². The summed E-state index contributed by atoms with van der Waals surface area (Å²) >= 11 is 0. The molecule has 0 amide bonds. The van der Waals surface area contributed by atoms with Crippen molar-refractivity contribution in [3.8, 4) is 5.75 Å². The van der Waals surface area contributed by atoms with Crippen molar-refractivity contribution in [3.05, 3.63) is 41.5 Å². The van der Waals surface area contributed by atoms with Crippen molar-refractivity contribution >= 4 is 31.3 Å². The van der Waals surface area contributed by atoms with Gasteiger partial charge in [-0.3, -0.25) is 0 Å². The van der Waals surface area contributed by atoms with Gasteiger partial charge in [0.1, 0.15) is 35.8 Å². The third kappa shape index (κ3) is 6.76. The standard InChI is InChI=1S/C26H36BNO8/c1-16-10-11-20(30)24-21(35-26(3,4)36-24)9-7-8-18-12-19(28(5)27-14-29)13-22(33-15-32-6)23(18)25(31)34-17(16)2/h7-8,10-14,16-17,20-21,24,27,30H,9,15H2,1-6H3/b8-7+,11-10-/t16-,17+,20?,21+,24-/m1/s1. The smallest absolute Gasteiger partial charge is 0.342 e. The molecule has 3 rings (SSSR count). The van der Waals surface area contributed by atoms with E-state index in [-0.39, 0.29) is 31.4 Å². The molecule has 2 aliphatic heterocycles. The zero-order chi connectivity index (χ0) is 26.5. The van der Waals surface area contributed by atoms with Gasteiger partial charge in [0.2, 0.25) is 0 Å². The molecule has 1 fully saturated rings. The number of rotatable bonds is 6. The van der Waals surface area contributed by atoms with Crippen LogP contribution in [0.1, 0.15) is 50.0 Å². The first-order valence-electron chi connectivity index (χ1n) is 12.1. The monoisotopic (exact) mass is 501 g/mol. The predicted molar refractivity (Wildman–Crippen MR) is 138 cm³/mol. The lowest BCUT2D eigenvalue weighted by Gasteiger charge is -2.24. The molecule has 0 spiro atoms. The number of benzene rings is 1. The van der Waals surface area contributed by atoms with E-state index < -0.39 is 36.2 Å². The van der Waals surface area contributed by atoms with Gasteiger partial charge in [-0.05, 0) is 45.9 Å². The van der Waals surface area contributed by atoms with E-state index in [9.17, 15) is 14.7 Å². The molecule has 1 aromatic carbocycles. The summed E-state index contributed by atoms with van der Waals surface area (Å²) < 4.78 is 28.7. The van der Waals surface area contributed by atoms with Crippen molar-refractivity contribution in [2.45, 2.75) is 64.3 Å². The number of ether oxygens (including phenoxy) is 5. The lowest BCUT2D eigenvalue weighted by molar-refractivity contribution is -0.152. The number of carbonyl (C=O) groups excluding carboxylic acids is 2. The average molecular weight is 501 g/mol. The van der Waals surface area contributed by atoms with Gasteiger partial charge in [0.25, 0.3) is 0 Å². The maximum absolute atomic E-state index is 13.4. The molecule has 196 valence electrons. The summed E-state index contributed by atoms with van der Waals surface area (Å²) in [6, 6.07) is 3.49. The van der Waals surface area contributed by atoms with Crippen LogP contribution in [-0.4, -0.2) is 75.8 Å². The molecule has 2 heterocycles. The number of esters is 1. The molecule has 1 aromatic rings. The molecule has 0 bridgehead atoms. The first-order valence-corrected chi connectivity index (χ1v) is 12.1. The van der Waals surface area contributed by atoms with Gasteiger partial charge >= 0.3 is 13.4 Å². The Hall–Kier alpha value is -2.66. The molecule has 9 nitrogen and oxygen atoms in total. The van der Waals surface area contributed by atoms with Crippen LogP contribution in [0.5, 0.6) is 5.75 Å². The van der Waals surface area contributed by atoms with Crippen LogP contribution < -0.4 is 9.55 Å². The van der Waals surface area contributed by atoms with E-state index in [4.69, 9.17) is 23.7 Å².